The second-order valence-electron chi connectivity index (χ2n) is 7.36. The average Bonchev–Trinajstić information content (AvgIpc) is 2.82. The van der Waals surface area contributed by atoms with Gasteiger partial charge in [0.2, 0.25) is 0 Å². The lowest BCUT2D eigenvalue weighted by Gasteiger charge is -2.24. The Balaban J connectivity index is 1.57. The summed E-state index contributed by atoms with van der Waals surface area (Å²) in [6.45, 7) is 0.618. The van der Waals surface area contributed by atoms with Crippen LogP contribution in [0.25, 0.3) is 0 Å². The lowest BCUT2D eigenvalue weighted by atomic mass is 10.3. The number of nitrogens with zero attached hydrogens (tertiary/aromatic N) is 1. The lowest BCUT2D eigenvalue weighted by Crippen LogP contribution is -2.32. The molecule has 0 aromatic heterocycles. The van der Waals surface area contributed by atoms with Gasteiger partial charge in [0.25, 0.3) is 10.1 Å². The second-order valence-corrected chi connectivity index (χ2v) is 11.6. The highest BCUT2D eigenvalue weighted by Crippen LogP contribution is 2.27. The van der Waals surface area contributed by atoms with Crippen molar-refractivity contribution in [1.82, 2.24) is 0 Å². The van der Waals surface area contributed by atoms with Crippen LogP contribution in [0.4, 0.5) is 17.1 Å². The zero-order valence-corrected chi connectivity index (χ0v) is 20.9. The molecule has 0 saturated carbocycles. The topological polar surface area (TPSA) is 162 Å². The van der Waals surface area contributed by atoms with E-state index in [0.29, 0.717) is 17.1 Å². The molecule has 10 nitrogen and oxygen atoms in total. The summed E-state index contributed by atoms with van der Waals surface area (Å²) in [4.78, 5) is 7.16. The molecule has 0 fully saturated rings. The molecule has 3 aromatic carbocycles. The third-order valence-corrected chi connectivity index (χ3v) is 8.11. The standard InChI is InChI=1S/C22H25N3O7S3/c23-17-6-9-20(10-7-17)34(26,27)15-13-25(18-4-2-1-3-5-18)12-14-31-32-33-19-8-11-21(24)22(16-19)35(28,29)30/h1-11,16H,12-15,23-24H2,(H,28,29,30). The van der Waals surface area contributed by atoms with E-state index in [2.05, 4.69) is 0 Å². The minimum absolute atomic E-state index is 0.0872. The van der Waals surface area contributed by atoms with Gasteiger partial charge in [-0.2, -0.15) is 12.8 Å². The molecule has 0 amide bonds. The molecule has 0 saturated heterocycles. The van der Waals surface area contributed by atoms with Gasteiger partial charge in [0.1, 0.15) is 11.5 Å². The number of sulfone groups is 1. The monoisotopic (exact) mass is 539 g/mol. The van der Waals surface area contributed by atoms with Gasteiger partial charge in [0.15, 0.2) is 9.84 Å². The average molecular weight is 540 g/mol. The van der Waals surface area contributed by atoms with E-state index in [1.54, 1.807) is 12.1 Å². The van der Waals surface area contributed by atoms with Crippen LogP contribution in [-0.2, 0) is 29.2 Å². The Morgan fingerprint density at radius 3 is 2.23 bits per heavy atom. The van der Waals surface area contributed by atoms with Crippen LogP contribution in [-0.4, -0.2) is 46.8 Å². The molecule has 35 heavy (non-hydrogen) atoms. The van der Waals surface area contributed by atoms with Crippen molar-refractivity contribution in [3.8, 4) is 0 Å². The first kappa shape index (κ1) is 26.8. The van der Waals surface area contributed by atoms with E-state index in [0.717, 1.165) is 23.8 Å². The van der Waals surface area contributed by atoms with Crippen LogP contribution in [0, 0.1) is 0 Å². The fourth-order valence-electron chi connectivity index (χ4n) is 3.07. The van der Waals surface area contributed by atoms with Gasteiger partial charge in [-0.1, -0.05) is 18.2 Å². The van der Waals surface area contributed by atoms with Crippen molar-refractivity contribution in [3.05, 3.63) is 72.8 Å². The summed E-state index contributed by atoms with van der Waals surface area (Å²) in [5.74, 6) is -0.120. The van der Waals surface area contributed by atoms with E-state index in [9.17, 15) is 21.4 Å². The maximum absolute atomic E-state index is 12.7. The van der Waals surface area contributed by atoms with E-state index in [4.69, 9.17) is 20.7 Å². The molecule has 0 unspecified atom stereocenters. The normalized spacial score (nSPS) is 11.9. The molecule has 0 atom stereocenters. The number of hydrogen-bond donors (Lipinski definition) is 3. The summed E-state index contributed by atoms with van der Waals surface area (Å²) in [6, 6.07) is 19.3. The Hall–Kier alpha value is -2.81. The predicted molar refractivity (Wildman–Crippen MR) is 135 cm³/mol. The molecule has 0 spiro atoms. The predicted octanol–water partition coefficient (Wildman–Crippen LogP) is 3.03. The molecule has 13 heteroatoms. The Morgan fingerprint density at radius 1 is 0.886 bits per heavy atom. The van der Waals surface area contributed by atoms with Gasteiger partial charge >= 0.3 is 0 Å². The molecule has 5 N–H and O–H groups in total. The zero-order valence-electron chi connectivity index (χ0n) is 18.5. The van der Waals surface area contributed by atoms with Crippen molar-refractivity contribution < 1.29 is 30.6 Å². The summed E-state index contributed by atoms with van der Waals surface area (Å²) >= 11 is 0.745. The summed E-state index contributed by atoms with van der Waals surface area (Å²) < 4.78 is 62.5. The van der Waals surface area contributed by atoms with Gasteiger partial charge in [0.05, 0.1) is 28.4 Å². The summed E-state index contributed by atoms with van der Waals surface area (Å²) in [7, 11) is -7.99. The second kappa shape index (κ2) is 11.7. The van der Waals surface area contributed by atoms with E-state index in [1.807, 2.05) is 35.2 Å². The van der Waals surface area contributed by atoms with Gasteiger partial charge in [-0.15, -0.1) is 0 Å². The Morgan fingerprint density at radius 2 is 1.57 bits per heavy atom. The van der Waals surface area contributed by atoms with Crippen LogP contribution >= 0.6 is 12.0 Å². The molecule has 3 rings (SSSR count). The number of rotatable bonds is 12. The van der Waals surface area contributed by atoms with Gasteiger partial charge in [0, 0.05) is 29.4 Å². The maximum atomic E-state index is 12.7. The van der Waals surface area contributed by atoms with Crippen LogP contribution < -0.4 is 16.4 Å². The molecule has 0 aliphatic carbocycles. The zero-order chi connectivity index (χ0) is 25.5. The third-order valence-electron chi connectivity index (χ3n) is 4.88. The molecule has 0 aliphatic rings. The van der Waals surface area contributed by atoms with Gasteiger partial charge in [-0.05, 0) is 54.6 Å². The fraction of sp³-hybridized carbons (Fsp3) is 0.182. The van der Waals surface area contributed by atoms with E-state index >= 15 is 0 Å². The number of anilines is 3. The largest absolute Gasteiger partial charge is 0.399 e. The Bertz CT molecular complexity index is 1330. The van der Waals surface area contributed by atoms with Crippen molar-refractivity contribution in [2.45, 2.75) is 14.7 Å². The molecule has 0 radical (unpaired) electrons. The first-order chi connectivity index (χ1) is 16.6. The quantitative estimate of drug-likeness (QED) is 0.0774. The molecular formula is C22H25N3O7S3. The van der Waals surface area contributed by atoms with Crippen LogP contribution in [0.1, 0.15) is 0 Å². The maximum Gasteiger partial charge on any atom is 0.296 e. The lowest BCUT2D eigenvalue weighted by molar-refractivity contribution is -0.187. The number of nitrogens with two attached hydrogens (primary N) is 2. The van der Waals surface area contributed by atoms with E-state index in [-0.39, 0.29) is 29.5 Å². The summed E-state index contributed by atoms with van der Waals surface area (Å²) in [6.07, 6.45) is 0. The van der Waals surface area contributed by atoms with Crippen LogP contribution in [0.2, 0.25) is 0 Å². The number of para-hydroxylation sites is 1. The Labute approximate surface area is 208 Å². The molecule has 188 valence electrons. The number of benzene rings is 3. The Kier molecular flexibility index (Phi) is 8.99. The fourth-order valence-corrected chi connectivity index (χ4v) is 5.51. The van der Waals surface area contributed by atoms with Crippen LogP contribution in [0.15, 0.2) is 87.5 Å². The summed E-state index contributed by atoms with van der Waals surface area (Å²) in [5, 5.41) is 0. The molecule has 0 aliphatic heterocycles. The smallest absolute Gasteiger partial charge is 0.296 e. The van der Waals surface area contributed by atoms with Crippen molar-refractivity contribution in [2.24, 2.45) is 0 Å². The minimum atomic E-state index is -4.47. The highest BCUT2D eigenvalue weighted by atomic mass is 32.2. The molecular weight excluding hydrogens is 514 g/mol. The molecule has 3 aromatic rings. The van der Waals surface area contributed by atoms with E-state index in [1.165, 1.54) is 24.3 Å². The van der Waals surface area contributed by atoms with Crippen molar-refractivity contribution in [3.63, 3.8) is 0 Å². The highest BCUT2D eigenvalue weighted by Gasteiger charge is 2.18. The molecule has 0 bridgehead atoms. The van der Waals surface area contributed by atoms with Crippen molar-refractivity contribution in [2.75, 3.05) is 41.8 Å². The first-order valence-electron chi connectivity index (χ1n) is 10.3. The van der Waals surface area contributed by atoms with Crippen LogP contribution in [0.5, 0.6) is 0 Å². The number of nitrogen functional groups attached to an aromatic ring is 2. The third kappa shape index (κ3) is 7.85. The number of hydrogen-bond acceptors (Lipinski definition) is 10. The van der Waals surface area contributed by atoms with Gasteiger partial charge in [-0.3, -0.25) is 4.55 Å². The SMILES string of the molecule is Nc1ccc(S(=O)(=O)CCN(CCOOSc2ccc(N)c(S(=O)(=O)O)c2)c2ccccc2)cc1. The highest BCUT2D eigenvalue weighted by molar-refractivity contribution is 7.94. The molecule has 0 heterocycles. The van der Waals surface area contributed by atoms with Crippen molar-refractivity contribution in [1.29, 1.82) is 0 Å². The van der Waals surface area contributed by atoms with Gasteiger partial charge < -0.3 is 16.4 Å². The van der Waals surface area contributed by atoms with Gasteiger partial charge in [-0.25, -0.2) is 13.3 Å². The summed E-state index contributed by atoms with van der Waals surface area (Å²) in [5.41, 5.74) is 12.4. The van der Waals surface area contributed by atoms with Crippen LogP contribution in [0.3, 0.4) is 0 Å². The first-order valence-corrected chi connectivity index (χ1v) is 14.1. The minimum Gasteiger partial charge on any atom is -0.399 e. The van der Waals surface area contributed by atoms with Crippen molar-refractivity contribution >= 4 is 49.1 Å². The van der Waals surface area contributed by atoms with E-state index < -0.39 is 24.9 Å².